The summed E-state index contributed by atoms with van der Waals surface area (Å²) in [6.45, 7) is 8.61. The van der Waals surface area contributed by atoms with E-state index in [4.69, 9.17) is 9.47 Å². The van der Waals surface area contributed by atoms with Crippen LogP contribution in [0.25, 0.3) is 0 Å². The number of rotatable bonds is 4. The van der Waals surface area contributed by atoms with E-state index in [9.17, 15) is 9.59 Å². The molecule has 0 amide bonds. The molecule has 4 aliphatic rings. The Labute approximate surface area is 175 Å². The highest BCUT2D eigenvalue weighted by atomic mass is 16.5. The van der Waals surface area contributed by atoms with Crippen molar-refractivity contribution in [3.63, 3.8) is 0 Å². The summed E-state index contributed by atoms with van der Waals surface area (Å²) in [6.07, 6.45) is 12.4. The van der Waals surface area contributed by atoms with E-state index < -0.39 is 0 Å². The first-order valence-electron chi connectivity index (χ1n) is 11.9. The third kappa shape index (κ3) is 3.45. The number of hydrogen-bond donors (Lipinski definition) is 0. The van der Waals surface area contributed by atoms with Gasteiger partial charge < -0.3 is 9.47 Å². The monoisotopic (exact) mass is 402 g/mol. The number of esters is 2. The van der Waals surface area contributed by atoms with Crippen molar-refractivity contribution in [1.82, 2.24) is 0 Å². The summed E-state index contributed by atoms with van der Waals surface area (Å²) >= 11 is 0. The van der Waals surface area contributed by atoms with Gasteiger partial charge in [-0.05, 0) is 68.1 Å². The summed E-state index contributed by atoms with van der Waals surface area (Å²) in [5.41, 5.74) is 1.92. The van der Waals surface area contributed by atoms with E-state index in [1.54, 1.807) is 0 Å². The summed E-state index contributed by atoms with van der Waals surface area (Å²) in [5.74, 6) is 1.95. The first-order chi connectivity index (χ1) is 13.8. The number of carbonyl (C=O) groups is 2. The van der Waals surface area contributed by atoms with E-state index in [0.29, 0.717) is 30.6 Å². The van der Waals surface area contributed by atoms with Gasteiger partial charge >= 0.3 is 11.9 Å². The Balaban J connectivity index is 1.51. The summed E-state index contributed by atoms with van der Waals surface area (Å²) < 4.78 is 11.6. The van der Waals surface area contributed by atoms with E-state index in [1.807, 2.05) is 13.8 Å². The van der Waals surface area contributed by atoms with Crippen LogP contribution >= 0.6 is 0 Å². The highest BCUT2D eigenvalue weighted by molar-refractivity contribution is 5.69. The first kappa shape index (κ1) is 20.9. The Bertz CT molecular complexity index is 697. The van der Waals surface area contributed by atoms with E-state index in [-0.39, 0.29) is 35.0 Å². The zero-order valence-electron chi connectivity index (χ0n) is 18.7. The predicted molar refractivity (Wildman–Crippen MR) is 112 cm³/mol. The average molecular weight is 403 g/mol. The van der Waals surface area contributed by atoms with Gasteiger partial charge in [-0.3, -0.25) is 9.59 Å². The standard InChI is InChI=1S/C25H38O4/c1-5-22(26)28-17-11-13-24(3)16(15-17)7-8-18-19-9-10-21(29-23(27)6-2)25(19,4)14-12-20(18)24/h7,17-21H,5-6,8-15H2,1-4H3/t17-,18-,19+,20-,21-,24+,25+/m1/s1. The van der Waals surface area contributed by atoms with Crippen LogP contribution in [0.3, 0.4) is 0 Å². The van der Waals surface area contributed by atoms with Crippen LogP contribution in [0, 0.1) is 28.6 Å². The van der Waals surface area contributed by atoms with Crippen molar-refractivity contribution in [3.8, 4) is 0 Å². The maximum atomic E-state index is 12.0. The van der Waals surface area contributed by atoms with Gasteiger partial charge in [0.05, 0.1) is 0 Å². The summed E-state index contributed by atoms with van der Waals surface area (Å²) in [6, 6.07) is 0. The second-order valence-electron chi connectivity index (χ2n) is 10.4. The maximum absolute atomic E-state index is 12.0. The van der Waals surface area contributed by atoms with Crippen molar-refractivity contribution >= 4 is 11.9 Å². The first-order valence-corrected chi connectivity index (χ1v) is 11.9. The van der Waals surface area contributed by atoms with Crippen LogP contribution in [-0.2, 0) is 19.1 Å². The minimum Gasteiger partial charge on any atom is -0.462 e. The SMILES string of the molecule is CCC(=O)O[C@@H]1CC[C@@]2(C)C(=CC[C@H]3[C@H]2CC[C@]2(C)[C@H](OC(=O)CC)CC[C@@H]32)C1. The van der Waals surface area contributed by atoms with Gasteiger partial charge in [-0.2, -0.15) is 0 Å². The van der Waals surface area contributed by atoms with Crippen molar-refractivity contribution in [2.45, 2.75) is 104 Å². The Morgan fingerprint density at radius 3 is 2.41 bits per heavy atom. The van der Waals surface area contributed by atoms with Crippen molar-refractivity contribution < 1.29 is 19.1 Å². The summed E-state index contributed by atoms with van der Waals surface area (Å²) in [5, 5.41) is 0. The molecule has 3 fully saturated rings. The molecule has 162 valence electrons. The lowest BCUT2D eigenvalue weighted by Crippen LogP contribution is -2.51. The highest BCUT2D eigenvalue weighted by Gasteiger charge is 2.59. The molecule has 7 atom stereocenters. The average Bonchev–Trinajstić information content (AvgIpc) is 3.04. The molecule has 0 saturated heterocycles. The molecule has 3 saturated carbocycles. The van der Waals surface area contributed by atoms with Gasteiger partial charge in [0.15, 0.2) is 0 Å². The van der Waals surface area contributed by atoms with Crippen LogP contribution in [0.5, 0.6) is 0 Å². The number of carbonyl (C=O) groups excluding carboxylic acids is 2. The Morgan fingerprint density at radius 2 is 1.69 bits per heavy atom. The topological polar surface area (TPSA) is 52.6 Å². The lowest BCUT2D eigenvalue weighted by Gasteiger charge is -2.57. The van der Waals surface area contributed by atoms with Crippen LogP contribution in [0.1, 0.15) is 91.9 Å². The van der Waals surface area contributed by atoms with Crippen molar-refractivity contribution in [1.29, 1.82) is 0 Å². The van der Waals surface area contributed by atoms with Gasteiger partial charge in [0.2, 0.25) is 0 Å². The molecule has 0 N–H and O–H groups in total. The lowest BCUT2D eigenvalue weighted by molar-refractivity contribution is -0.159. The fraction of sp³-hybridized carbons (Fsp3) is 0.840. The normalized spacial score (nSPS) is 43.4. The molecule has 0 radical (unpaired) electrons. The van der Waals surface area contributed by atoms with Crippen LogP contribution in [-0.4, -0.2) is 24.1 Å². The number of hydrogen-bond acceptors (Lipinski definition) is 4. The van der Waals surface area contributed by atoms with Crippen LogP contribution in [0.2, 0.25) is 0 Å². The number of fused-ring (bicyclic) bond motifs is 5. The quantitative estimate of drug-likeness (QED) is 0.454. The maximum Gasteiger partial charge on any atom is 0.305 e. The predicted octanol–water partition coefficient (Wildman–Crippen LogP) is 5.59. The molecule has 0 aromatic rings. The minimum absolute atomic E-state index is 0.0447. The van der Waals surface area contributed by atoms with E-state index in [2.05, 4.69) is 19.9 Å². The molecule has 4 nitrogen and oxygen atoms in total. The molecule has 0 bridgehead atoms. The zero-order valence-corrected chi connectivity index (χ0v) is 18.7. The molecule has 0 aromatic carbocycles. The van der Waals surface area contributed by atoms with E-state index in [1.165, 1.54) is 18.4 Å². The molecule has 0 unspecified atom stereocenters. The molecule has 0 spiro atoms. The summed E-state index contributed by atoms with van der Waals surface area (Å²) in [4.78, 5) is 23.7. The smallest absolute Gasteiger partial charge is 0.305 e. The van der Waals surface area contributed by atoms with Gasteiger partial charge in [0.25, 0.3) is 0 Å². The molecule has 4 heteroatoms. The van der Waals surface area contributed by atoms with Crippen LogP contribution < -0.4 is 0 Å². The fourth-order valence-corrected chi connectivity index (χ4v) is 7.38. The zero-order chi connectivity index (χ0) is 20.8. The largest absolute Gasteiger partial charge is 0.462 e. The second-order valence-corrected chi connectivity index (χ2v) is 10.4. The fourth-order valence-electron chi connectivity index (χ4n) is 7.38. The van der Waals surface area contributed by atoms with Crippen LogP contribution in [0.4, 0.5) is 0 Å². The number of ether oxygens (including phenoxy) is 2. The Kier molecular flexibility index (Phi) is 5.59. The van der Waals surface area contributed by atoms with Gasteiger partial charge in [0.1, 0.15) is 12.2 Å². The highest BCUT2D eigenvalue weighted by Crippen LogP contribution is 2.65. The van der Waals surface area contributed by atoms with Crippen molar-refractivity contribution in [2.24, 2.45) is 28.6 Å². The molecule has 0 heterocycles. The molecule has 0 aromatic heterocycles. The van der Waals surface area contributed by atoms with Gasteiger partial charge in [0, 0.05) is 24.7 Å². The molecule has 4 rings (SSSR count). The molecule has 0 aliphatic heterocycles. The van der Waals surface area contributed by atoms with E-state index >= 15 is 0 Å². The van der Waals surface area contributed by atoms with Gasteiger partial charge in [-0.1, -0.05) is 39.3 Å². The molecule has 4 aliphatic carbocycles. The van der Waals surface area contributed by atoms with Gasteiger partial charge in [-0.25, -0.2) is 0 Å². The van der Waals surface area contributed by atoms with E-state index in [0.717, 1.165) is 38.5 Å². The van der Waals surface area contributed by atoms with Crippen molar-refractivity contribution in [3.05, 3.63) is 11.6 Å². The third-order valence-corrected chi connectivity index (χ3v) is 9.12. The minimum atomic E-state index is -0.0695. The number of allylic oxidation sites excluding steroid dienone is 1. The summed E-state index contributed by atoms with van der Waals surface area (Å²) in [7, 11) is 0. The molecular weight excluding hydrogens is 364 g/mol. The van der Waals surface area contributed by atoms with Crippen molar-refractivity contribution in [2.75, 3.05) is 0 Å². The molecular formula is C25H38O4. The Morgan fingerprint density at radius 1 is 0.966 bits per heavy atom. The lowest BCUT2D eigenvalue weighted by atomic mass is 9.48. The third-order valence-electron chi connectivity index (χ3n) is 9.12. The Hall–Kier alpha value is -1.32. The van der Waals surface area contributed by atoms with Crippen LogP contribution in [0.15, 0.2) is 11.6 Å². The molecule has 29 heavy (non-hydrogen) atoms. The second kappa shape index (κ2) is 7.74. The van der Waals surface area contributed by atoms with Gasteiger partial charge in [-0.15, -0.1) is 0 Å².